The summed E-state index contributed by atoms with van der Waals surface area (Å²) in [5.41, 5.74) is 3.36. The van der Waals surface area contributed by atoms with Crippen molar-refractivity contribution < 1.29 is 14.3 Å². The third-order valence-corrected chi connectivity index (χ3v) is 4.54. The van der Waals surface area contributed by atoms with Crippen LogP contribution >= 0.6 is 0 Å². The highest BCUT2D eigenvalue weighted by Gasteiger charge is 2.12. The van der Waals surface area contributed by atoms with Gasteiger partial charge in [-0.15, -0.1) is 0 Å². The first kappa shape index (κ1) is 20.5. The maximum Gasteiger partial charge on any atom is 0.262 e. The van der Waals surface area contributed by atoms with Crippen molar-refractivity contribution in [1.29, 1.82) is 0 Å². The number of carbonyl (C=O) groups excluding carboxylic acids is 2. The molecule has 0 aliphatic rings. The van der Waals surface area contributed by atoms with Crippen molar-refractivity contribution in [3.63, 3.8) is 0 Å². The molecule has 0 aliphatic carbocycles. The van der Waals surface area contributed by atoms with Crippen molar-refractivity contribution in [2.45, 2.75) is 46.5 Å². The molecule has 2 N–H and O–H groups in total. The molecule has 0 bridgehead atoms. The number of nitrogens with one attached hydrogen (secondary N) is 2. The molecule has 0 heterocycles. The maximum atomic E-state index is 12.3. The minimum absolute atomic E-state index is 0.0634. The van der Waals surface area contributed by atoms with E-state index in [4.69, 9.17) is 4.74 Å². The predicted molar refractivity (Wildman–Crippen MR) is 109 cm³/mol. The number of para-hydroxylation sites is 1. The van der Waals surface area contributed by atoms with Crippen LogP contribution in [0.25, 0.3) is 0 Å². The topological polar surface area (TPSA) is 67.4 Å². The molecule has 0 aliphatic heterocycles. The number of aryl methyl sites for hydroxylation is 1. The van der Waals surface area contributed by atoms with E-state index in [9.17, 15) is 9.59 Å². The summed E-state index contributed by atoms with van der Waals surface area (Å²) in [6.45, 7) is 7.90. The fourth-order valence-corrected chi connectivity index (χ4v) is 2.65. The average Bonchev–Trinajstić information content (AvgIpc) is 2.68. The third kappa shape index (κ3) is 5.84. The SMILES string of the molecule is CCC(=O)Nc1cc(NC(=O)COc2ccccc2C(C)CC)ccc1C. The standard InChI is InChI=1S/C22H28N2O3/c1-5-15(3)18-9-7-8-10-20(18)27-14-22(26)23-17-12-11-16(4)19(13-17)24-21(25)6-2/h7-13,15H,5-6,14H2,1-4H3,(H,23,26)(H,24,25). The van der Waals surface area contributed by atoms with Crippen molar-refractivity contribution in [3.8, 4) is 5.75 Å². The van der Waals surface area contributed by atoms with Gasteiger partial charge in [0.05, 0.1) is 0 Å². The van der Waals surface area contributed by atoms with E-state index in [2.05, 4.69) is 24.5 Å². The van der Waals surface area contributed by atoms with Gasteiger partial charge in [-0.2, -0.15) is 0 Å². The van der Waals surface area contributed by atoms with Crippen LogP contribution in [-0.4, -0.2) is 18.4 Å². The van der Waals surface area contributed by atoms with Gasteiger partial charge in [-0.1, -0.05) is 45.0 Å². The maximum absolute atomic E-state index is 12.3. The van der Waals surface area contributed by atoms with Gasteiger partial charge in [0.25, 0.3) is 5.91 Å². The van der Waals surface area contributed by atoms with Crippen molar-refractivity contribution >= 4 is 23.2 Å². The highest BCUT2D eigenvalue weighted by Crippen LogP contribution is 2.28. The zero-order valence-corrected chi connectivity index (χ0v) is 16.5. The first-order chi connectivity index (χ1) is 12.9. The molecule has 0 fully saturated rings. The lowest BCUT2D eigenvalue weighted by molar-refractivity contribution is -0.118. The zero-order valence-electron chi connectivity index (χ0n) is 16.5. The molecule has 2 aromatic rings. The highest BCUT2D eigenvalue weighted by atomic mass is 16.5. The Morgan fingerprint density at radius 1 is 1.04 bits per heavy atom. The van der Waals surface area contributed by atoms with Crippen molar-refractivity contribution in [2.75, 3.05) is 17.2 Å². The summed E-state index contributed by atoms with van der Waals surface area (Å²) in [5, 5.41) is 5.65. The normalized spacial score (nSPS) is 11.6. The van der Waals surface area contributed by atoms with Crippen LogP contribution in [0.4, 0.5) is 11.4 Å². The minimum atomic E-state index is -0.245. The number of hydrogen-bond acceptors (Lipinski definition) is 3. The summed E-state index contributed by atoms with van der Waals surface area (Å²) in [6, 6.07) is 13.2. The molecule has 2 rings (SSSR count). The Morgan fingerprint density at radius 3 is 2.48 bits per heavy atom. The molecular formula is C22H28N2O3. The van der Waals surface area contributed by atoms with Crippen LogP contribution in [0.15, 0.2) is 42.5 Å². The molecule has 1 unspecified atom stereocenters. The molecule has 5 heteroatoms. The molecule has 0 saturated carbocycles. The van der Waals surface area contributed by atoms with Gasteiger partial charge in [-0.05, 0) is 48.6 Å². The molecule has 2 amide bonds. The predicted octanol–water partition coefficient (Wildman–Crippen LogP) is 4.87. The molecule has 5 nitrogen and oxygen atoms in total. The van der Waals surface area contributed by atoms with E-state index in [0.717, 1.165) is 23.3 Å². The zero-order chi connectivity index (χ0) is 19.8. The number of rotatable bonds is 8. The van der Waals surface area contributed by atoms with Crippen LogP contribution in [0.5, 0.6) is 5.75 Å². The summed E-state index contributed by atoms with van der Waals surface area (Å²) in [7, 11) is 0. The summed E-state index contributed by atoms with van der Waals surface area (Å²) >= 11 is 0. The minimum Gasteiger partial charge on any atom is -0.483 e. The van der Waals surface area contributed by atoms with Gasteiger partial charge in [-0.25, -0.2) is 0 Å². The summed E-state index contributed by atoms with van der Waals surface area (Å²) < 4.78 is 5.75. The Balaban J connectivity index is 2.01. The second-order valence-corrected chi connectivity index (χ2v) is 6.62. The van der Waals surface area contributed by atoms with E-state index in [1.54, 1.807) is 13.0 Å². The fraction of sp³-hybridized carbons (Fsp3) is 0.364. The smallest absolute Gasteiger partial charge is 0.262 e. The van der Waals surface area contributed by atoms with Gasteiger partial charge in [0.15, 0.2) is 6.61 Å². The summed E-state index contributed by atoms with van der Waals surface area (Å²) in [4.78, 5) is 23.9. The lowest BCUT2D eigenvalue weighted by Crippen LogP contribution is -2.21. The van der Waals surface area contributed by atoms with Crippen LogP contribution in [0.1, 0.15) is 50.7 Å². The second-order valence-electron chi connectivity index (χ2n) is 6.62. The largest absolute Gasteiger partial charge is 0.483 e. The molecule has 1 atom stereocenters. The third-order valence-electron chi connectivity index (χ3n) is 4.54. The van der Waals surface area contributed by atoms with Crippen LogP contribution in [0.3, 0.4) is 0 Å². The van der Waals surface area contributed by atoms with Crippen LogP contribution < -0.4 is 15.4 Å². The highest BCUT2D eigenvalue weighted by molar-refractivity contribution is 5.95. The lowest BCUT2D eigenvalue weighted by atomic mass is 9.98. The molecule has 0 spiro atoms. The van der Waals surface area contributed by atoms with E-state index in [0.29, 0.717) is 23.7 Å². The number of anilines is 2. The number of carbonyl (C=O) groups is 2. The van der Waals surface area contributed by atoms with Crippen molar-refractivity contribution in [2.24, 2.45) is 0 Å². The Bertz CT molecular complexity index is 802. The molecular weight excluding hydrogens is 340 g/mol. The van der Waals surface area contributed by atoms with Crippen LogP contribution in [-0.2, 0) is 9.59 Å². The second kappa shape index (κ2) is 9.76. The fourth-order valence-electron chi connectivity index (χ4n) is 2.65. The van der Waals surface area contributed by atoms with Gasteiger partial charge in [0.2, 0.25) is 5.91 Å². The van der Waals surface area contributed by atoms with Gasteiger partial charge >= 0.3 is 0 Å². The first-order valence-corrected chi connectivity index (χ1v) is 9.36. The first-order valence-electron chi connectivity index (χ1n) is 9.36. The monoisotopic (exact) mass is 368 g/mol. The van der Waals surface area contributed by atoms with E-state index >= 15 is 0 Å². The van der Waals surface area contributed by atoms with E-state index in [1.165, 1.54) is 0 Å². The Morgan fingerprint density at radius 2 is 1.78 bits per heavy atom. The van der Waals surface area contributed by atoms with Gasteiger partial charge in [0.1, 0.15) is 5.75 Å². The molecule has 0 saturated heterocycles. The lowest BCUT2D eigenvalue weighted by Gasteiger charge is -2.16. The van der Waals surface area contributed by atoms with Crippen LogP contribution in [0.2, 0.25) is 0 Å². The van der Waals surface area contributed by atoms with Crippen molar-refractivity contribution in [3.05, 3.63) is 53.6 Å². The summed E-state index contributed by atoms with van der Waals surface area (Å²) in [5.74, 6) is 0.796. The van der Waals surface area contributed by atoms with Crippen LogP contribution in [0, 0.1) is 6.92 Å². The van der Waals surface area contributed by atoms with Crippen molar-refractivity contribution in [1.82, 2.24) is 0 Å². The molecule has 0 radical (unpaired) electrons. The van der Waals surface area contributed by atoms with E-state index in [-0.39, 0.29) is 18.4 Å². The van der Waals surface area contributed by atoms with E-state index in [1.807, 2.05) is 43.3 Å². The Labute approximate surface area is 161 Å². The Kier molecular flexibility index (Phi) is 7.41. The quantitative estimate of drug-likeness (QED) is 0.698. The van der Waals surface area contributed by atoms with Gasteiger partial charge in [-0.3, -0.25) is 9.59 Å². The number of ether oxygens (including phenoxy) is 1. The van der Waals surface area contributed by atoms with E-state index < -0.39 is 0 Å². The number of amides is 2. The molecule has 144 valence electrons. The molecule has 27 heavy (non-hydrogen) atoms. The molecule has 0 aromatic heterocycles. The molecule has 2 aromatic carbocycles. The average molecular weight is 368 g/mol. The number of hydrogen-bond donors (Lipinski definition) is 2. The Hall–Kier alpha value is -2.82. The van der Waals surface area contributed by atoms with Gasteiger partial charge < -0.3 is 15.4 Å². The summed E-state index contributed by atoms with van der Waals surface area (Å²) in [6.07, 6.45) is 1.40. The number of benzene rings is 2. The van der Waals surface area contributed by atoms with Gasteiger partial charge in [0, 0.05) is 17.8 Å².